The predicted octanol–water partition coefficient (Wildman–Crippen LogP) is 0.748. The number of nitrogens with one attached hydrogen (secondary N) is 1. The van der Waals surface area contributed by atoms with Gasteiger partial charge in [-0.05, 0) is 18.2 Å². The lowest BCUT2D eigenvalue weighted by atomic mass is 10.3. The fraction of sp³-hybridized carbons (Fsp3) is 0.267. The van der Waals surface area contributed by atoms with Crippen LogP contribution in [0.25, 0.3) is 11.0 Å². The van der Waals surface area contributed by atoms with Crippen LogP contribution in [0.1, 0.15) is 16.2 Å². The summed E-state index contributed by atoms with van der Waals surface area (Å²) in [5, 5.41) is 3.41. The van der Waals surface area contributed by atoms with E-state index in [-0.39, 0.29) is 10.6 Å². The molecule has 3 rings (SSSR count). The van der Waals surface area contributed by atoms with Gasteiger partial charge in [0, 0.05) is 27.2 Å². The van der Waals surface area contributed by atoms with E-state index in [1.807, 2.05) is 0 Å². The zero-order chi connectivity index (χ0) is 21.0. The first-order valence-electron chi connectivity index (χ1n) is 7.67. The Morgan fingerprint density at radius 2 is 1.68 bits per heavy atom. The average Bonchev–Trinajstić information content (AvgIpc) is 3.09. The van der Waals surface area contributed by atoms with Crippen molar-refractivity contribution in [3.05, 3.63) is 46.1 Å². The first-order chi connectivity index (χ1) is 12.8. The van der Waals surface area contributed by atoms with Crippen LogP contribution in [-0.2, 0) is 37.3 Å². The highest BCUT2D eigenvalue weighted by atomic mass is 32.2. The maximum absolute atomic E-state index is 12.8. The average molecular weight is 417 g/mol. The van der Waals surface area contributed by atoms with E-state index in [9.17, 15) is 31.2 Å². The molecule has 150 valence electrons. The number of sulfonamides is 1. The number of rotatable bonds is 3. The van der Waals surface area contributed by atoms with Crippen molar-refractivity contribution in [2.75, 3.05) is 0 Å². The van der Waals surface area contributed by atoms with Crippen LogP contribution in [0.4, 0.5) is 13.2 Å². The highest BCUT2D eigenvalue weighted by Gasteiger charge is 2.36. The molecule has 0 aliphatic rings. The summed E-state index contributed by atoms with van der Waals surface area (Å²) in [4.78, 5) is 23.7. The van der Waals surface area contributed by atoms with Gasteiger partial charge in [-0.3, -0.25) is 18.6 Å². The van der Waals surface area contributed by atoms with Gasteiger partial charge >= 0.3 is 11.9 Å². The van der Waals surface area contributed by atoms with Crippen molar-refractivity contribution < 1.29 is 26.4 Å². The largest absolute Gasteiger partial charge is 0.433 e. The summed E-state index contributed by atoms with van der Waals surface area (Å²) < 4.78 is 68.0. The number of aryl methyl sites for hydroxylation is 3. The Bertz CT molecular complexity index is 1270. The first-order valence-corrected chi connectivity index (χ1v) is 9.15. The molecule has 3 aromatic rings. The Balaban J connectivity index is 1.96. The van der Waals surface area contributed by atoms with Gasteiger partial charge in [0.2, 0.25) is 0 Å². The van der Waals surface area contributed by atoms with Crippen LogP contribution in [-0.4, -0.2) is 33.2 Å². The molecule has 0 fully saturated rings. The van der Waals surface area contributed by atoms with Gasteiger partial charge in [-0.2, -0.15) is 18.3 Å². The van der Waals surface area contributed by atoms with Gasteiger partial charge in [0.1, 0.15) is 5.69 Å². The Hall–Kier alpha value is -3.09. The minimum Gasteiger partial charge on any atom is -0.295 e. The van der Waals surface area contributed by atoms with Crippen LogP contribution in [0.3, 0.4) is 0 Å². The van der Waals surface area contributed by atoms with Crippen molar-refractivity contribution >= 4 is 27.0 Å². The van der Waals surface area contributed by atoms with Crippen molar-refractivity contribution in [3.63, 3.8) is 0 Å². The molecule has 0 unspecified atom stereocenters. The van der Waals surface area contributed by atoms with Crippen LogP contribution >= 0.6 is 0 Å². The number of halogens is 3. The second-order valence-electron chi connectivity index (χ2n) is 6.02. The van der Waals surface area contributed by atoms with Crippen molar-refractivity contribution in [3.8, 4) is 0 Å². The van der Waals surface area contributed by atoms with E-state index in [1.54, 1.807) is 4.72 Å². The molecule has 0 aliphatic carbocycles. The van der Waals surface area contributed by atoms with Gasteiger partial charge in [-0.1, -0.05) is 0 Å². The summed E-state index contributed by atoms with van der Waals surface area (Å²) in [6, 6.07) is 4.20. The summed E-state index contributed by atoms with van der Waals surface area (Å²) in [6.45, 7) is 0. The molecular formula is C15H14F3N5O4S. The molecule has 0 bridgehead atoms. The monoisotopic (exact) mass is 417 g/mol. The number of imidazole rings is 1. The Labute approximate surface area is 156 Å². The standard InChI is InChI=1S/C15H14F3N5O4S/c1-21-10-5-4-8(6-11(10)22(2)14(21)25)28(26,27)20-13(24)9-7-12(15(16,17)18)23(3)19-9/h4-7H,1-3H3,(H,20,24). The van der Waals surface area contributed by atoms with E-state index in [2.05, 4.69) is 5.10 Å². The number of benzene rings is 1. The molecule has 0 saturated carbocycles. The minimum atomic E-state index is -4.75. The molecule has 0 spiro atoms. The Kier molecular flexibility index (Phi) is 4.37. The molecule has 1 aromatic carbocycles. The van der Waals surface area contributed by atoms with Gasteiger partial charge in [-0.25, -0.2) is 17.9 Å². The zero-order valence-corrected chi connectivity index (χ0v) is 15.6. The normalized spacial score (nSPS) is 12.5. The summed E-state index contributed by atoms with van der Waals surface area (Å²) in [5.41, 5.74) is -1.50. The third-order valence-electron chi connectivity index (χ3n) is 4.18. The highest BCUT2D eigenvalue weighted by molar-refractivity contribution is 7.90. The lowest BCUT2D eigenvalue weighted by molar-refractivity contribution is -0.143. The van der Waals surface area contributed by atoms with Crippen molar-refractivity contribution in [1.82, 2.24) is 23.6 Å². The number of hydrogen-bond acceptors (Lipinski definition) is 5. The molecule has 0 radical (unpaired) electrons. The lowest BCUT2D eigenvalue weighted by Crippen LogP contribution is -2.31. The molecule has 9 nitrogen and oxygen atoms in total. The number of nitrogens with zero attached hydrogens (tertiary/aromatic N) is 4. The lowest BCUT2D eigenvalue weighted by Gasteiger charge is -2.06. The van der Waals surface area contributed by atoms with Gasteiger partial charge in [0.25, 0.3) is 15.9 Å². The van der Waals surface area contributed by atoms with Gasteiger partial charge < -0.3 is 0 Å². The van der Waals surface area contributed by atoms with E-state index < -0.39 is 33.5 Å². The number of carbonyl (C=O) groups excluding carboxylic acids is 1. The van der Waals surface area contributed by atoms with Gasteiger partial charge in [0.15, 0.2) is 5.69 Å². The molecule has 13 heteroatoms. The summed E-state index contributed by atoms with van der Waals surface area (Å²) in [7, 11) is -0.465. The quantitative estimate of drug-likeness (QED) is 0.677. The molecule has 0 atom stereocenters. The Morgan fingerprint density at radius 3 is 2.25 bits per heavy atom. The molecule has 1 amide bonds. The molecule has 0 aliphatic heterocycles. The van der Waals surface area contributed by atoms with Gasteiger partial charge in [-0.15, -0.1) is 0 Å². The summed E-state index contributed by atoms with van der Waals surface area (Å²) in [5.74, 6) is -1.31. The highest BCUT2D eigenvalue weighted by Crippen LogP contribution is 2.29. The number of fused-ring (bicyclic) bond motifs is 1. The second-order valence-corrected chi connectivity index (χ2v) is 7.70. The number of alkyl halides is 3. The molecule has 0 saturated heterocycles. The molecule has 2 aromatic heterocycles. The minimum absolute atomic E-state index is 0.306. The molecule has 2 heterocycles. The SMILES string of the molecule is Cn1nc(C(=O)NS(=O)(=O)c2ccc3c(c2)n(C)c(=O)n3C)cc1C(F)(F)F. The van der Waals surface area contributed by atoms with Crippen molar-refractivity contribution in [2.45, 2.75) is 11.1 Å². The summed E-state index contributed by atoms with van der Waals surface area (Å²) >= 11 is 0. The van der Waals surface area contributed by atoms with E-state index in [1.165, 1.54) is 41.4 Å². The van der Waals surface area contributed by atoms with Crippen LogP contribution in [0.2, 0.25) is 0 Å². The Morgan fingerprint density at radius 1 is 1.07 bits per heavy atom. The van der Waals surface area contributed by atoms with E-state index in [4.69, 9.17) is 0 Å². The number of amides is 1. The van der Waals surface area contributed by atoms with Crippen LogP contribution in [0, 0.1) is 0 Å². The molecule has 1 N–H and O–H groups in total. The predicted molar refractivity (Wildman–Crippen MR) is 91.0 cm³/mol. The van der Waals surface area contributed by atoms with Gasteiger partial charge in [0.05, 0.1) is 15.9 Å². The maximum Gasteiger partial charge on any atom is 0.433 e. The van der Waals surface area contributed by atoms with Crippen LogP contribution < -0.4 is 10.4 Å². The fourth-order valence-electron chi connectivity index (χ4n) is 2.73. The van der Waals surface area contributed by atoms with Crippen LogP contribution in [0.5, 0.6) is 0 Å². The van der Waals surface area contributed by atoms with E-state index >= 15 is 0 Å². The van der Waals surface area contributed by atoms with E-state index in [0.29, 0.717) is 21.8 Å². The third kappa shape index (κ3) is 3.17. The second kappa shape index (κ2) is 6.22. The number of hydrogen-bond donors (Lipinski definition) is 1. The zero-order valence-electron chi connectivity index (χ0n) is 14.8. The third-order valence-corrected chi connectivity index (χ3v) is 5.51. The maximum atomic E-state index is 12.8. The number of carbonyl (C=O) groups is 1. The van der Waals surface area contributed by atoms with E-state index in [0.717, 1.165) is 7.05 Å². The summed E-state index contributed by atoms with van der Waals surface area (Å²) in [6.07, 6.45) is -4.75. The number of aromatic nitrogens is 4. The smallest absolute Gasteiger partial charge is 0.295 e. The van der Waals surface area contributed by atoms with Crippen LogP contribution in [0.15, 0.2) is 34.0 Å². The first kappa shape index (κ1) is 19.7. The fourth-order valence-corrected chi connectivity index (χ4v) is 3.71. The molecular weight excluding hydrogens is 403 g/mol. The molecule has 28 heavy (non-hydrogen) atoms. The topological polar surface area (TPSA) is 108 Å². The van der Waals surface area contributed by atoms with Crippen molar-refractivity contribution in [2.24, 2.45) is 21.1 Å². The van der Waals surface area contributed by atoms with Crippen molar-refractivity contribution in [1.29, 1.82) is 0 Å².